The van der Waals surface area contributed by atoms with Gasteiger partial charge in [0.05, 0.1) is 45.1 Å². The number of nitrogens with zero attached hydrogens (tertiary/aromatic N) is 2. The zero-order valence-corrected chi connectivity index (χ0v) is 21.3. The molecule has 5 rings (SSSR count). The smallest absolute Gasteiger partial charge is 0.277 e. The summed E-state index contributed by atoms with van der Waals surface area (Å²) >= 11 is 0. The Labute approximate surface area is 209 Å². The number of aliphatic imine (C=N–C) groups is 1. The number of aromatic nitrogens is 1. The standard InChI is InChI=1S/C26H29F2N3O4S/c1-26(2)9-8-22(35-26)15-6-7-17(23(10-15)36(3,33)34)30-18-11-16(12-21(32)14-4-5-14)29-19-13-20(25(27)28)31-24(18)19/h6-7,10-11,14,22,25H,4-5,8-9,12-13H2,1-3H3,(H,29,30)/t22-/m0/s1. The maximum absolute atomic E-state index is 13.4. The third-order valence-electron chi connectivity index (χ3n) is 6.88. The van der Waals surface area contributed by atoms with Crippen molar-refractivity contribution in [1.29, 1.82) is 0 Å². The normalized spacial score (nSPS) is 20.9. The van der Waals surface area contributed by atoms with Crippen LogP contribution in [0.25, 0.3) is 0 Å². The van der Waals surface area contributed by atoms with Gasteiger partial charge in [0.1, 0.15) is 11.5 Å². The molecule has 2 fully saturated rings. The molecule has 1 aliphatic carbocycles. The third kappa shape index (κ3) is 5.20. The first-order chi connectivity index (χ1) is 16.9. The van der Waals surface area contributed by atoms with E-state index in [-0.39, 0.29) is 52.5 Å². The molecule has 192 valence electrons. The molecule has 1 N–H and O–H groups in total. The lowest BCUT2D eigenvalue weighted by molar-refractivity contribution is -0.119. The fraction of sp³-hybridized carbons (Fsp3) is 0.500. The van der Waals surface area contributed by atoms with Crippen molar-refractivity contribution in [1.82, 2.24) is 4.98 Å². The summed E-state index contributed by atoms with van der Waals surface area (Å²) in [7, 11) is -3.65. The van der Waals surface area contributed by atoms with Crippen LogP contribution in [0.3, 0.4) is 0 Å². The van der Waals surface area contributed by atoms with Gasteiger partial charge in [0.2, 0.25) is 0 Å². The molecule has 10 heteroatoms. The van der Waals surface area contributed by atoms with E-state index in [1.807, 2.05) is 19.9 Å². The Balaban J connectivity index is 1.52. The highest BCUT2D eigenvalue weighted by Gasteiger charge is 2.34. The average molecular weight is 518 g/mol. The first kappa shape index (κ1) is 25.0. The number of Topliss-reactive ketones (excluding diaryl/α,β-unsaturated/α-hetero) is 1. The maximum Gasteiger partial charge on any atom is 0.277 e. The molecule has 1 atom stereocenters. The van der Waals surface area contributed by atoms with Crippen LogP contribution in [0.2, 0.25) is 0 Å². The van der Waals surface area contributed by atoms with Gasteiger partial charge in [0.15, 0.2) is 9.84 Å². The van der Waals surface area contributed by atoms with E-state index in [4.69, 9.17) is 4.74 Å². The molecule has 7 nitrogen and oxygen atoms in total. The molecule has 2 aliphatic heterocycles. The van der Waals surface area contributed by atoms with Crippen molar-refractivity contribution in [2.75, 3.05) is 11.6 Å². The van der Waals surface area contributed by atoms with Crippen LogP contribution in [0.15, 0.2) is 34.2 Å². The van der Waals surface area contributed by atoms with Gasteiger partial charge in [-0.25, -0.2) is 22.2 Å². The molecule has 1 aromatic carbocycles. The number of nitrogens with one attached hydrogen (secondary N) is 1. The summed E-state index contributed by atoms with van der Waals surface area (Å²) in [5, 5.41) is 3.11. The van der Waals surface area contributed by atoms with E-state index in [1.165, 1.54) is 0 Å². The van der Waals surface area contributed by atoms with Crippen molar-refractivity contribution in [2.45, 2.75) is 75.4 Å². The Hall–Kier alpha value is -2.72. The number of carbonyl (C=O) groups excluding carboxylic acids is 1. The highest BCUT2D eigenvalue weighted by atomic mass is 32.2. The molecule has 0 spiro atoms. The minimum absolute atomic E-state index is 0.0384. The van der Waals surface area contributed by atoms with Crippen molar-refractivity contribution in [2.24, 2.45) is 10.9 Å². The van der Waals surface area contributed by atoms with Crippen molar-refractivity contribution in [3.05, 3.63) is 41.2 Å². The summed E-state index contributed by atoms with van der Waals surface area (Å²) in [5.74, 6) is 0.110. The lowest BCUT2D eigenvalue weighted by Crippen LogP contribution is -2.17. The number of benzene rings is 1. The maximum atomic E-state index is 13.4. The van der Waals surface area contributed by atoms with Gasteiger partial charge >= 0.3 is 0 Å². The van der Waals surface area contributed by atoms with Crippen LogP contribution in [0.5, 0.6) is 0 Å². The first-order valence-corrected chi connectivity index (χ1v) is 14.0. The summed E-state index contributed by atoms with van der Waals surface area (Å²) in [4.78, 5) is 21.0. The Morgan fingerprint density at radius 3 is 2.56 bits per heavy atom. The Morgan fingerprint density at radius 2 is 1.94 bits per heavy atom. The summed E-state index contributed by atoms with van der Waals surface area (Å²) < 4.78 is 58.4. The summed E-state index contributed by atoms with van der Waals surface area (Å²) in [6, 6.07) is 6.70. The number of hydrogen-bond acceptors (Lipinski definition) is 7. The number of anilines is 2. The van der Waals surface area contributed by atoms with Crippen molar-refractivity contribution < 1.29 is 26.7 Å². The number of rotatable bonds is 8. The van der Waals surface area contributed by atoms with Crippen molar-refractivity contribution in [3.8, 4) is 0 Å². The van der Waals surface area contributed by atoms with E-state index in [0.717, 1.165) is 37.5 Å². The molecule has 1 saturated heterocycles. The number of fused-ring (bicyclic) bond motifs is 1. The molecule has 1 saturated carbocycles. The van der Waals surface area contributed by atoms with Gasteiger partial charge in [-0.05, 0) is 63.3 Å². The zero-order chi connectivity index (χ0) is 25.8. The van der Waals surface area contributed by atoms with Crippen LogP contribution in [0.4, 0.5) is 25.8 Å². The molecule has 3 heterocycles. The molecule has 36 heavy (non-hydrogen) atoms. The topological polar surface area (TPSA) is 97.7 Å². The number of alkyl halides is 2. The van der Waals surface area contributed by atoms with Gasteiger partial charge in [-0.2, -0.15) is 0 Å². The number of pyridine rings is 1. The molecule has 0 unspecified atom stereocenters. The SMILES string of the molecule is CC1(C)CC[C@@H](c2ccc(Nc3cc(CC(=O)C4CC4)nc4c3N=C(C(F)F)C4)c(S(C)(=O)=O)c2)O1. The quantitative estimate of drug-likeness (QED) is 0.512. The predicted octanol–water partition coefficient (Wildman–Crippen LogP) is 5.27. The predicted molar refractivity (Wildman–Crippen MR) is 132 cm³/mol. The van der Waals surface area contributed by atoms with Crippen LogP contribution >= 0.6 is 0 Å². The van der Waals surface area contributed by atoms with E-state index in [0.29, 0.717) is 22.8 Å². The van der Waals surface area contributed by atoms with Crippen LogP contribution in [0.1, 0.15) is 62.6 Å². The molecular weight excluding hydrogens is 488 g/mol. The van der Waals surface area contributed by atoms with Gasteiger partial charge in [-0.3, -0.25) is 9.78 Å². The number of sulfone groups is 1. The van der Waals surface area contributed by atoms with E-state index in [9.17, 15) is 22.0 Å². The largest absolute Gasteiger partial charge is 0.368 e. The average Bonchev–Trinajstić information content (AvgIpc) is 3.45. The summed E-state index contributed by atoms with van der Waals surface area (Å²) in [6.45, 7) is 4.01. The number of ether oxygens (including phenoxy) is 1. The zero-order valence-electron chi connectivity index (χ0n) is 20.5. The fourth-order valence-corrected chi connectivity index (χ4v) is 5.67. The Kier molecular flexibility index (Phi) is 6.23. The lowest BCUT2D eigenvalue weighted by atomic mass is 10.0. The van der Waals surface area contributed by atoms with E-state index >= 15 is 0 Å². The van der Waals surface area contributed by atoms with Gasteiger partial charge in [0, 0.05) is 25.0 Å². The minimum Gasteiger partial charge on any atom is -0.368 e. The second-order valence-electron chi connectivity index (χ2n) is 10.5. The fourth-order valence-electron chi connectivity index (χ4n) is 4.80. The Morgan fingerprint density at radius 1 is 1.19 bits per heavy atom. The van der Waals surface area contributed by atoms with E-state index in [1.54, 1.807) is 18.2 Å². The lowest BCUT2D eigenvalue weighted by Gasteiger charge is -2.21. The van der Waals surface area contributed by atoms with Gasteiger partial charge in [-0.1, -0.05) is 6.07 Å². The van der Waals surface area contributed by atoms with E-state index in [2.05, 4.69) is 15.3 Å². The van der Waals surface area contributed by atoms with Crippen LogP contribution < -0.4 is 5.32 Å². The van der Waals surface area contributed by atoms with Crippen molar-refractivity contribution in [3.63, 3.8) is 0 Å². The molecule has 0 radical (unpaired) electrons. The van der Waals surface area contributed by atoms with Gasteiger partial charge < -0.3 is 10.1 Å². The second-order valence-corrected chi connectivity index (χ2v) is 12.5. The minimum atomic E-state index is -3.65. The molecule has 0 bridgehead atoms. The van der Waals surface area contributed by atoms with Crippen LogP contribution in [-0.2, 0) is 32.2 Å². The number of hydrogen-bond donors (Lipinski definition) is 1. The van der Waals surface area contributed by atoms with Crippen LogP contribution in [0, 0.1) is 5.92 Å². The molecule has 1 aromatic heterocycles. The highest BCUT2D eigenvalue weighted by Crippen LogP contribution is 2.42. The summed E-state index contributed by atoms with van der Waals surface area (Å²) in [5.41, 5.74) is 1.89. The molecule has 2 aromatic rings. The van der Waals surface area contributed by atoms with Gasteiger partial charge in [0.25, 0.3) is 6.43 Å². The third-order valence-corrected chi connectivity index (χ3v) is 8.01. The summed E-state index contributed by atoms with van der Waals surface area (Å²) in [6.07, 6.45) is 1.54. The monoisotopic (exact) mass is 517 g/mol. The van der Waals surface area contributed by atoms with Crippen LogP contribution in [-0.4, -0.2) is 43.2 Å². The molecular formula is C26H29F2N3O4S. The highest BCUT2D eigenvalue weighted by molar-refractivity contribution is 7.90. The Bertz CT molecular complexity index is 1370. The number of carbonyl (C=O) groups is 1. The number of halogens is 2. The van der Waals surface area contributed by atoms with Crippen molar-refractivity contribution >= 4 is 38.4 Å². The first-order valence-electron chi connectivity index (χ1n) is 12.1. The van der Waals surface area contributed by atoms with E-state index < -0.39 is 16.3 Å². The second kappa shape index (κ2) is 8.99. The molecule has 3 aliphatic rings. The number of ketones is 1. The van der Waals surface area contributed by atoms with Gasteiger partial charge in [-0.15, -0.1) is 0 Å². The molecule has 0 amide bonds.